The molecule has 2 heterocycles. The highest BCUT2D eigenvalue weighted by molar-refractivity contribution is 5.79. The molecule has 0 radical (unpaired) electrons. The number of aromatic nitrogens is 1. The molecule has 4 rings (SSSR count). The third-order valence-corrected chi connectivity index (χ3v) is 4.79. The third kappa shape index (κ3) is 4.08. The SMILES string of the molecule is O=C(Cc1c(F)cc(F)cc1F)NCC1Cc2cccc(-c3ccncc3)c2O1. The Morgan fingerprint density at radius 1 is 1.10 bits per heavy atom. The number of nitrogens with zero attached hydrogens (tertiary/aromatic N) is 1. The molecule has 0 bridgehead atoms. The number of amides is 1. The molecule has 0 saturated heterocycles. The maximum atomic E-state index is 13.7. The average molecular weight is 398 g/mol. The normalized spacial score (nSPS) is 14.9. The van der Waals surface area contributed by atoms with Gasteiger partial charge in [-0.05, 0) is 23.3 Å². The van der Waals surface area contributed by atoms with Crippen LogP contribution in [0.15, 0.2) is 54.9 Å². The van der Waals surface area contributed by atoms with Gasteiger partial charge in [0.2, 0.25) is 5.91 Å². The number of hydrogen-bond donors (Lipinski definition) is 1. The molecule has 1 amide bonds. The van der Waals surface area contributed by atoms with Crippen LogP contribution in [0.3, 0.4) is 0 Å². The van der Waals surface area contributed by atoms with Crippen molar-refractivity contribution in [1.82, 2.24) is 10.3 Å². The van der Waals surface area contributed by atoms with Crippen LogP contribution in [-0.2, 0) is 17.6 Å². The number of fused-ring (bicyclic) bond motifs is 1. The highest BCUT2D eigenvalue weighted by Crippen LogP contribution is 2.38. The van der Waals surface area contributed by atoms with Crippen molar-refractivity contribution in [2.24, 2.45) is 0 Å². The molecule has 0 aliphatic carbocycles. The van der Waals surface area contributed by atoms with Crippen LogP contribution in [0.25, 0.3) is 11.1 Å². The number of ether oxygens (including phenoxy) is 1. The first-order chi connectivity index (χ1) is 14.0. The number of carbonyl (C=O) groups excluding carboxylic acids is 1. The number of carbonyl (C=O) groups is 1. The van der Waals surface area contributed by atoms with Crippen LogP contribution in [0.5, 0.6) is 5.75 Å². The Labute approximate surface area is 165 Å². The van der Waals surface area contributed by atoms with Gasteiger partial charge in [0.1, 0.15) is 29.3 Å². The van der Waals surface area contributed by atoms with Crippen molar-refractivity contribution in [3.63, 3.8) is 0 Å². The maximum absolute atomic E-state index is 13.7. The Hall–Kier alpha value is -3.35. The molecule has 4 nitrogen and oxygen atoms in total. The van der Waals surface area contributed by atoms with Crippen molar-refractivity contribution in [1.29, 1.82) is 0 Å². The van der Waals surface area contributed by atoms with E-state index in [-0.39, 0.29) is 12.6 Å². The fourth-order valence-electron chi connectivity index (χ4n) is 3.40. The van der Waals surface area contributed by atoms with Crippen LogP contribution in [0.4, 0.5) is 13.2 Å². The minimum Gasteiger partial charge on any atom is -0.487 e. The molecular weight excluding hydrogens is 381 g/mol. The van der Waals surface area contributed by atoms with Crippen LogP contribution >= 0.6 is 0 Å². The van der Waals surface area contributed by atoms with E-state index in [1.54, 1.807) is 12.4 Å². The zero-order chi connectivity index (χ0) is 20.4. The van der Waals surface area contributed by atoms with E-state index in [0.29, 0.717) is 18.6 Å². The summed E-state index contributed by atoms with van der Waals surface area (Å²) in [6.07, 6.45) is 3.21. The van der Waals surface area contributed by atoms with Crippen LogP contribution in [0.1, 0.15) is 11.1 Å². The number of pyridine rings is 1. The van der Waals surface area contributed by atoms with E-state index in [2.05, 4.69) is 10.3 Å². The topological polar surface area (TPSA) is 51.2 Å². The van der Waals surface area contributed by atoms with Gasteiger partial charge in [-0.1, -0.05) is 18.2 Å². The monoisotopic (exact) mass is 398 g/mol. The van der Waals surface area contributed by atoms with E-state index in [0.717, 1.165) is 22.4 Å². The Kier molecular flexibility index (Phi) is 5.20. The fourth-order valence-corrected chi connectivity index (χ4v) is 3.40. The number of para-hydroxylation sites is 1. The number of nitrogens with one attached hydrogen (secondary N) is 1. The molecule has 1 aliphatic heterocycles. The Morgan fingerprint density at radius 3 is 2.55 bits per heavy atom. The molecule has 0 fully saturated rings. The molecule has 1 aromatic heterocycles. The van der Waals surface area contributed by atoms with E-state index >= 15 is 0 Å². The van der Waals surface area contributed by atoms with Gasteiger partial charge in [0.15, 0.2) is 0 Å². The van der Waals surface area contributed by atoms with Crippen LogP contribution in [0.2, 0.25) is 0 Å². The molecule has 1 atom stereocenters. The predicted octanol–water partition coefficient (Wildman–Crippen LogP) is 3.83. The Bertz CT molecular complexity index is 1030. The third-order valence-electron chi connectivity index (χ3n) is 4.79. The number of benzene rings is 2. The molecule has 0 saturated carbocycles. The molecule has 7 heteroatoms. The molecule has 1 unspecified atom stereocenters. The molecule has 29 heavy (non-hydrogen) atoms. The summed E-state index contributed by atoms with van der Waals surface area (Å²) in [7, 11) is 0. The van der Waals surface area contributed by atoms with Crippen molar-refractivity contribution in [3.8, 4) is 16.9 Å². The molecule has 148 valence electrons. The lowest BCUT2D eigenvalue weighted by Gasteiger charge is -2.14. The van der Waals surface area contributed by atoms with Gasteiger partial charge in [0, 0.05) is 42.1 Å². The van der Waals surface area contributed by atoms with Gasteiger partial charge in [-0.2, -0.15) is 0 Å². The first kappa shape index (κ1) is 19.0. The van der Waals surface area contributed by atoms with Crippen molar-refractivity contribution >= 4 is 5.91 Å². The zero-order valence-electron chi connectivity index (χ0n) is 15.3. The second kappa shape index (κ2) is 7.95. The highest BCUT2D eigenvalue weighted by Gasteiger charge is 2.26. The first-order valence-corrected chi connectivity index (χ1v) is 9.10. The summed E-state index contributed by atoms with van der Waals surface area (Å²) in [5, 5.41) is 2.64. The van der Waals surface area contributed by atoms with Crippen molar-refractivity contribution in [2.45, 2.75) is 18.9 Å². The molecule has 1 N–H and O–H groups in total. The predicted molar refractivity (Wildman–Crippen MR) is 101 cm³/mol. The van der Waals surface area contributed by atoms with Crippen molar-refractivity contribution in [3.05, 3.63) is 83.4 Å². The van der Waals surface area contributed by atoms with Crippen molar-refractivity contribution in [2.75, 3.05) is 6.54 Å². The molecular formula is C22H17F3N2O2. The summed E-state index contributed by atoms with van der Waals surface area (Å²) in [6.45, 7) is 0.188. The number of hydrogen-bond acceptors (Lipinski definition) is 3. The quantitative estimate of drug-likeness (QED) is 0.711. The summed E-state index contributed by atoms with van der Waals surface area (Å²) >= 11 is 0. The van der Waals surface area contributed by atoms with Gasteiger partial charge in [-0.25, -0.2) is 13.2 Å². The van der Waals surface area contributed by atoms with Crippen LogP contribution in [-0.4, -0.2) is 23.5 Å². The van der Waals surface area contributed by atoms with Gasteiger partial charge in [0.25, 0.3) is 0 Å². The van der Waals surface area contributed by atoms with E-state index in [1.807, 2.05) is 30.3 Å². The smallest absolute Gasteiger partial charge is 0.224 e. The average Bonchev–Trinajstić information content (AvgIpc) is 3.13. The van der Waals surface area contributed by atoms with Gasteiger partial charge in [0.05, 0.1) is 13.0 Å². The minimum atomic E-state index is -1.08. The van der Waals surface area contributed by atoms with E-state index in [9.17, 15) is 18.0 Å². The lowest BCUT2D eigenvalue weighted by Crippen LogP contribution is -2.35. The van der Waals surface area contributed by atoms with Crippen LogP contribution in [0, 0.1) is 17.5 Å². The fraction of sp³-hybridized carbons (Fsp3) is 0.182. The Morgan fingerprint density at radius 2 is 1.83 bits per heavy atom. The largest absolute Gasteiger partial charge is 0.487 e. The van der Waals surface area contributed by atoms with E-state index in [4.69, 9.17) is 4.74 Å². The summed E-state index contributed by atoms with van der Waals surface area (Å²) in [6, 6.07) is 10.8. The van der Waals surface area contributed by atoms with E-state index in [1.165, 1.54) is 0 Å². The lowest BCUT2D eigenvalue weighted by atomic mass is 10.0. The second-order valence-corrected chi connectivity index (χ2v) is 6.80. The molecule has 2 aromatic carbocycles. The molecule has 0 spiro atoms. The zero-order valence-corrected chi connectivity index (χ0v) is 15.3. The Balaban J connectivity index is 1.40. The summed E-state index contributed by atoms with van der Waals surface area (Å²) < 4.78 is 46.4. The van der Waals surface area contributed by atoms with Gasteiger partial charge in [-0.15, -0.1) is 0 Å². The standard InChI is InChI=1S/C22H17F3N2O2/c23-15-9-19(24)18(20(25)10-15)11-21(28)27-12-16-8-14-2-1-3-17(22(14)29-16)13-4-6-26-7-5-13/h1-7,9-10,16H,8,11-12H2,(H,27,28). The number of rotatable bonds is 5. The van der Waals surface area contributed by atoms with Gasteiger partial charge < -0.3 is 10.1 Å². The summed E-state index contributed by atoms with van der Waals surface area (Å²) in [5.41, 5.74) is 2.48. The van der Waals surface area contributed by atoms with E-state index < -0.39 is 35.3 Å². The highest BCUT2D eigenvalue weighted by atomic mass is 19.1. The molecule has 1 aliphatic rings. The number of halogens is 3. The minimum absolute atomic E-state index is 0.188. The van der Waals surface area contributed by atoms with Crippen LogP contribution < -0.4 is 10.1 Å². The summed E-state index contributed by atoms with van der Waals surface area (Å²) in [5.74, 6) is -2.99. The summed E-state index contributed by atoms with van der Waals surface area (Å²) in [4.78, 5) is 16.1. The second-order valence-electron chi connectivity index (χ2n) is 6.80. The van der Waals surface area contributed by atoms with Crippen molar-refractivity contribution < 1.29 is 22.7 Å². The van der Waals surface area contributed by atoms with Gasteiger partial charge >= 0.3 is 0 Å². The molecule has 3 aromatic rings. The lowest BCUT2D eigenvalue weighted by molar-refractivity contribution is -0.120. The first-order valence-electron chi connectivity index (χ1n) is 9.10. The maximum Gasteiger partial charge on any atom is 0.224 e. The van der Waals surface area contributed by atoms with Gasteiger partial charge in [-0.3, -0.25) is 9.78 Å².